The number of hydrogen-bond acceptors (Lipinski definition) is 3. The summed E-state index contributed by atoms with van der Waals surface area (Å²) >= 11 is 3.44. The van der Waals surface area contributed by atoms with Crippen molar-refractivity contribution in [2.45, 2.75) is 0 Å². The van der Waals surface area contributed by atoms with Gasteiger partial charge in [0, 0.05) is 15.6 Å². The van der Waals surface area contributed by atoms with E-state index in [2.05, 4.69) is 15.9 Å². The van der Waals surface area contributed by atoms with Crippen LogP contribution in [-0.4, -0.2) is 11.0 Å². The Hall–Kier alpha value is -3.83. The fourth-order valence-corrected chi connectivity index (χ4v) is 3.95. The highest BCUT2D eigenvalue weighted by Gasteiger charge is 2.32. The van der Waals surface area contributed by atoms with Gasteiger partial charge in [-0.05, 0) is 54.1 Å². The van der Waals surface area contributed by atoms with Crippen LogP contribution in [0.1, 0.15) is 11.3 Å². The molecule has 1 aliphatic heterocycles. The summed E-state index contributed by atoms with van der Waals surface area (Å²) in [6.07, 6.45) is 3.56. The summed E-state index contributed by atoms with van der Waals surface area (Å²) in [4.78, 5) is 14.9. The molecule has 2 heterocycles. The van der Waals surface area contributed by atoms with E-state index < -0.39 is 0 Å². The van der Waals surface area contributed by atoms with Crippen molar-refractivity contribution in [2.75, 3.05) is 4.90 Å². The molecule has 5 rings (SSSR count). The number of carbonyl (C=O) groups is 1. The number of carbonyl (C=O) groups excluding carboxylic acids is 1. The number of nitrogens with zero attached hydrogens (tertiary/aromatic N) is 1. The van der Waals surface area contributed by atoms with Gasteiger partial charge in [0.15, 0.2) is 0 Å². The summed E-state index contributed by atoms with van der Waals surface area (Å²) in [5.41, 5.74) is 3.44. The predicted octanol–water partition coefficient (Wildman–Crippen LogP) is 6.89. The predicted molar refractivity (Wildman–Crippen MR) is 130 cm³/mol. The molecule has 1 N–H and O–H groups in total. The Morgan fingerprint density at radius 1 is 0.812 bits per heavy atom. The van der Waals surface area contributed by atoms with Crippen molar-refractivity contribution in [3.05, 3.63) is 118 Å². The minimum atomic E-state index is -0.230. The number of amides is 1. The Balaban J connectivity index is 1.55. The molecule has 1 amide bonds. The lowest BCUT2D eigenvalue weighted by molar-refractivity contribution is -0.113. The zero-order valence-electron chi connectivity index (χ0n) is 16.9. The molecule has 1 aromatic heterocycles. The van der Waals surface area contributed by atoms with Crippen molar-refractivity contribution < 1.29 is 14.3 Å². The van der Waals surface area contributed by atoms with E-state index in [0.717, 1.165) is 21.4 Å². The Labute approximate surface area is 193 Å². The van der Waals surface area contributed by atoms with Gasteiger partial charge in [-0.1, -0.05) is 70.5 Å². The lowest BCUT2D eigenvalue weighted by Gasteiger charge is -2.21. The van der Waals surface area contributed by atoms with Gasteiger partial charge in [0.25, 0.3) is 5.91 Å². The van der Waals surface area contributed by atoms with Gasteiger partial charge in [0.2, 0.25) is 0 Å². The van der Waals surface area contributed by atoms with Crippen LogP contribution in [0.4, 0.5) is 5.69 Å². The van der Waals surface area contributed by atoms with Crippen molar-refractivity contribution in [2.24, 2.45) is 0 Å². The van der Waals surface area contributed by atoms with Gasteiger partial charge in [-0.25, -0.2) is 0 Å². The Morgan fingerprint density at radius 3 is 2.28 bits per heavy atom. The molecule has 0 saturated carbocycles. The number of halogens is 1. The number of aromatic hydroxyl groups is 1. The van der Waals surface area contributed by atoms with Crippen molar-refractivity contribution in [1.82, 2.24) is 0 Å². The Kier molecular flexibility index (Phi) is 5.25. The topological polar surface area (TPSA) is 53.7 Å². The fraction of sp³-hybridized carbons (Fsp3) is 0. The third kappa shape index (κ3) is 3.79. The lowest BCUT2D eigenvalue weighted by Crippen LogP contribution is -2.25. The number of anilines is 1. The lowest BCUT2D eigenvalue weighted by atomic mass is 10.1. The largest absolute Gasteiger partial charge is 0.506 e. The third-order valence-electron chi connectivity index (χ3n) is 5.23. The molecule has 3 aromatic carbocycles. The normalized spacial score (nSPS) is 14.8. The molecule has 0 aliphatic carbocycles. The maximum Gasteiger partial charge on any atom is 0.263 e. The quantitative estimate of drug-likeness (QED) is 0.321. The number of rotatable bonds is 4. The molecule has 0 radical (unpaired) electrons. The SMILES string of the molecule is O=C1/C(=C/c2ccc(-c3ccc(Br)cc3)o2)C=C(c2ccccc2)N1c1ccccc1O. The first kappa shape index (κ1) is 20.1. The first-order valence-corrected chi connectivity index (χ1v) is 10.9. The standard InChI is InChI=1S/C27H18BrNO3/c28-21-12-10-19(11-13-21)26-15-14-22(32-26)16-20-17-24(18-6-2-1-3-7-18)29(27(20)31)23-8-4-5-9-25(23)30/h1-17,30H/b20-16+. The van der Waals surface area contributed by atoms with Crippen LogP contribution in [0.2, 0.25) is 0 Å². The molecule has 0 saturated heterocycles. The first-order chi connectivity index (χ1) is 15.6. The van der Waals surface area contributed by atoms with E-state index in [4.69, 9.17) is 4.42 Å². The minimum Gasteiger partial charge on any atom is -0.506 e. The number of para-hydroxylation sites is 2. The van der Waals surface area contributed by atoms with Crippen LogP contribution >= 0.6 is 15.9 Å². The van der Waals surface area contributed by atoms with Crippen LogP contribution in [0.3, 0.4) is 0 Å². The molecule has 0 unspecified atom stereocenters. The van der Waals surface area contributed by atoms with E-state index in [1.165, 1.54) is 4.90 Å². The summed E-state index contributed by atoms with van der Waals surface area (Å²) in [6.45, 7) is 0. The van der Waals surface area contributed by atoms with Gasteiger partial charge >= 0.3 is 0 Å². The van der Waals surface area contributed by atoms with Crippen LogP contribution < -0.4 is 4.90 Å². The molecule has 5 heteroatoms. The summed E-state index contributed by atoms with van der Waals surface area (Å²) in [5.74, 6) is 1.11. The average molecular weight is 484 g/mol. The molecule has 1 aliphatic rings. The number of phenols is 1. The van der Waals surface area contributed by atoms with Crippen LogP contribution in [0, 0.1) is 0 Å². The minimum absolute atomic E-state index is 0.0412. The highest BCUT2D eigenvalue weighted by Crippen LogP contribution is 2.39. The molecule has 32 heavy (non-hydrogen) atoms. The van der Waals surface area contributed by atoms with Gasteiger partial charge < -0.3 is 9.52 Å². The van der Waals surface area contributed by atoms with Crippen LogP contribution in [0.25, 0.3) is 23.1 Å². The average Bonchev–Trinajstić information content (AvgIpc) is 3.41. The van der Waals surface area contributed by atoms with Crippen molar-refractivity contribution in [1.29, 1.82) is 0 Å². The summed E-state index contributed by atoms with van der Waals surface area (Å²) in [6, 6.07) is 28.0. The number of hydrogen-bond donors (Lipinski definition) is 1. The number of phenolic OH excluding ortho intramolecular Hbond substituents is 1. The summed E-state index contributed by atoms with van der Waals surface area (Å²) < 4.78 is 6.98. The molecule has 0 bridgehead atoms. The van der Waals surface area contributed by atoms with Crippen molar-refractivity contribution >= 4 is 39.3 Å². The van der Waals surface area contributed by atoms with Gasteiger partial charge in [0.1, 0.15) is 17.3 Å². The van der Waals surface area contributed by atoms with E-state index >= 15 is 0 Å². The van der Waals surface area contributed by atoms with Crippen LogP contribution in [0.15, 0.2) is 112 Å². The third-order valence-corrected chi connectivity index (χ3v) is 5.76. The highest BCUT2D eigenvalue weighted by atomic mass is 79.9. The maximum absolute atomic E-state index is 13.4. The zero-order chi connectivity index (χ0) is 22.1. The molecule has 4 aromatic rings. The van der Waals surface area contributed by atoms with E-state index in [9.17, 15) is 9.90 Å². The zero-order valence-corrected chi connectivity index (χ0v) is 18.5. The molecule has 4 nitrogen and oxygen atoms in total. The smallest absolute Gasteiger partial charge is 0.263 e. The van der Waals surface area contributed by atoms with Gasteiger partial charge in [-0.3, -0.25) is 9.69 Å². The molecular weight excluding hydrogens is 466 g/mol. The van der Waals surface area contributed by atoms with E-state index in [0.29, 0.717) is 22.7 Å². The highest BCUT2D eigenvalue weighted by molar-refractivity contribution is 9.10. The second kappa shape index (κ2) is 8.36. The number of benzene rings is 3. The van der Waals surface area contributed by atoms with Crippen LogP contribution in [-0.2, 0) is 4.79 Å². The maximum atomic E-state index is 13.4. The van der Waals surface area contributed by atoms with E-state index in [1.54, 1.807) is 30.3 Å². The van der Waals surface area contributed by atoms with Gasteiger partial charge in [-0.2, -0.15) is 0 Å². The molecule has 0 atom stereocenters. The summed E-state index contributed by atoms with van der Waals surface area (Å²) in [5, 5.41) is 10.4. The monoisotopic (exact) mass is 483 g/mol. The fourth-order valence-electron chi connectivity index (χ4n) is 3.68. The second-order valence-electron chi connectivity index (χ2n) is 7.33. The second-order valence-corrected chi connectivity index (χ2v) is 8.25. The molecular formula is C27H18BrNO3. The van der Waals surface area contributed by atoms with E-state index in [-0.39, 0.29) is 11.7 Å². The van der Waals surface area contributed by atoms with Gasteiger partial charge in [-0.15, -0.1) is 0 Å². The number of furan rings is 1. The summed E-state index contributed by atoms with van der Waals surface area (Å²) in [7, 11) is 0. The Morgan fingerprint density at radius 2 is 1.53 bits per heavy atom. The van der Waals surface area contributed by atoms with Crippen molar-refractivity contribution in [3.8, 4) is 17.1 Å². The molecule has 156 valence electrons. The van der Waals surface area contributed by atoms with E-state index in [1.807, 2.05) is 72.8 Å². The van der Waals surface area contributed by atoms with Gasteiger partial charge in [0.05, 0.1) is 11.4 Å². The molecule has 0 spiro atoms. The van der Waals surface area contributed by atoms with Crippen molar-refractivity contribution in [3.63, 3.8) is 0 Å². The molecule has 0 fully saturated rings. The Bertz CT molecular complexity index is 1350. The van der Waals surface area contributed by atoms with Crippen LogP contribution in [0.5, 0.6) is 5.75 Å². The first-order valence-electron chi connectivity index (χ1n) is 10.1.